The number of nitrogens with one attached hydrogen (secondary N) is 1. The van der Waals surface area contributed by atoms with Gasteiger partial charge in [0.1, 0.15) is 0 Å². The monoisotopic (exact) mass is 188 g/mol. The third-order valence-corrected chi connectivity index (χ3v) is 1.39. The van der Waals surface area contributed by atoms with Crippen LogP contribution < -0.4 is 16.9 Å². The fourth-order valence-electron chi connectivity index (χ4n) is 0.661. The number of hydrogen-bond donors (Lipinski definition) is 4. The first kappa shape index (κ1) is 11.6. The average molecular weight is 188 g/mol. The Morgan fingerprint density at radius 1 is 1.69 bits per heavy atom. The van der Waals surface area contributed by atoms with Gasteiger partial charge in [-0.05, 0) is 6.42 Å². The van der Waals surface area contributed by atoms with Gasteiger partial charge in [0.2, 0.25) is 0 Å². The minimum atomic E-state index is -1.05. The lowest BCUT2D eigenvalue weighted by atomic mass is 10.4. The van der Waals surface area contributed by atoms with Gasteiger partial charge in [-0.25, -0.2) is 10.6 Å². The predicted molar refractivity (Wildman–Crippen MR) is 49.5 cm³/mol. The first-order valence-corrected chi connectivity index (χ1v) is 4.00. The molecule has 0 aliphatic rings. The molecule has 6 heteroatoms. The number of hydrogen-bond acceptors (Lipinski definition) is 4. The summed E-state index contributed by atoms with van der Waals surface area (Å²) >= 11 is 0. The fourth-order valence-corrected chi connectivity index (χ4v) is 0.661. The zero-order chi connectivity index (χ0) is 10.3. The number of carboxylic acid groups (broad SMARTS) is 1. The number of amides is 1. The van der Waals surface area contributed by atoms with Crippen molar-refractivity contribution in [3.05, 3.63) is 11.9 Å². The molecule has 0 fully saturated rings. The molecule has 0 aromatic heterocycles. The molecule has 6 N–H and O–H groups in total. The van der Waals surface area contributed by atoms with Crippen molar-refractivity contribution in [2.24, 2.45) is 11.6 Å². The van der Waals surface area contributed by atoms with Crippen molar-refractivity contribution >= 4 is 6.09 Å². The van der Waals surface area contributed by atoms with Crippen molar-refractivity contribution in [1.82, 2.24) is 10.3 Å². The molecule has 0 aliphatic heterocycles. The van der Waals surface area contributed by atoms with Gasteiger partial charge in [0.25, 0.3) is 0 Å². The van der Waals surface area contributed by atoms with E-state index in [4.69, 9.17) is 16.7 Å². The maximum Gasteiger partial charge on any atom is 0.404 e. The third-order valence-electron chi connectivity index (χ3n) is 1.39. The lowest BCUT2D eigenvalue weighted by molar-refractivity contribution is 0.193. The van der Waals surface area contributed by atoms with Crippen LogP contribution in [0, 0.1) is 0 Å². The number of nitrogens with two attached hydrogens (primary N) is 2. The Balaban J connectivity index is 3.62. The zero-order valence-electron chi connectivity index (χ0n) is 7.66. The van der Waals surface area contributed by atoms with E-state index >= 15 is 0 Å². The number of nitrogens with zero attached hydrogens (tertiary/aromatic N) is 1. The molecule has 0 heterocycles. The van der Waals surface area contributed by atoms with E-state index in [0.717, 1.165) is 6.42 Å². The highest BCUT2D eigenvalue weighted by Gasteiger charge is 1.96. The highest BCUT2D eigenvalue weighted by molar-refractivity contribution is 5.64. The summed E-state index contributed by atoms with van der Waals surface area (Å²) in [7, 11) is 0. The van der Waals surface area contributed by atoms with E-state index in [1.807, 2.05) is 6.92 Å². The molecule has 76 valence electrons. The van der Waals surface area contributed by atoms with Crippen LogP contribution in [-0.2, 0) is 0 Å². The van der Waals surface area contributed by atoms with Gasteiger partial charge < -0.3 is 21.2 Å². The van der Waals surface area contributed by atoms with Gasteiger partial charge >= 0.3 is 6.09 Å². The van der Waals surface area contributed by atoms with Gasteiger partial charge in [0.15, 0.2) is 0 Å². The van der Waals surface area contributed by atoms with Crippen LogP contribution in [0.15, 0.2) is 11.9 Å². The van der Waals surface area contributed by atoms with Crippen LogP contribution in [0.25, 0.3) is 0 Å². The summed E-state index contributed by atoms with van der Waals surface area (Å²) in [5, 5.41) is 11.8. The molecule has 0 spiro atoms. The van der Waals surface area contributed by atoms with Crippen molar-refractivity contribution in [2.45, 2.75) is 13.3 Å². The minimum Gasteiger partial charge on any atom is -0.465 e. The molecule has 0 bridgehead atoms. The summed E-state index contributed by atoms with van der Waals surface area (Å²) in [5.74, 6) is 5.48. The number of rotatable bonds is 5. The first-order chi connectivity index (χ1) is 6.06. The van der Waals surface area contributed by atoms with Gasteiger partial charge in [-0.3, -0.25) is 0 Å². The zero-order valence-corrected chi connectivity index (χ0v) is 7.66. The van der Waals surface area contributed by atoms with Crippen LogP contribution in [0.2, 0.25) is 0 Å². The highest BCUT2D eigenvalue weighted by atomic mass is 16.4. The molecule has 13 heavy (non-hydrogen) atoms. The second-order valence-electron chi connectivity index (χ2n) is 2.53. The lowest BCUT2D eigenvalue weighted by Gasteiger charge is -2.14. The molecule has 1 amide bonds. The number of allylic oxidation sites excluding steroid dienone is 1. The Hall–Kier alpha value is -1.43. The summed E-state index contributed by atoms with van der Waals surface area (Å²) < 4.78 is 0. The van der Waals surface area contributed by atoms with Crippen molar-refractivity contribution in [1.29, 1.82) is 0 Å². The lowest BCUT2D eigenvalue weighted by Crippen LogP contribution is -2.35. The predicted octanol–water partition coefficient (Wildman–Crippen LogP) is -0.360. The summed E-state index contributed by atoms with van der Waals surface area (Å²) in [6, 6.07) is 0. The molecule has 0 radical (unpaired) electrons. The molecular weight excluding hydrogens is 172 g/mol. The Morgan fingerprint density at radius 2 is 2.31 bits per heavy atom. The first-order valence-electron chi connectivity index (χ1n) is 4.00. The van der Waals surface area contributed by atoms with E-state index in [9.17, 15) is 4.79 Å². The standard InChI is InChI=1S/C7H16N4O2/c1-2-6(8)5-11(9)4-3-10-7(12)13/h5,10H,2-4,8-9H2,1H3,(H,12,13)/b6-5-. The van der Waals surface area contributed by atoms with Crippen LogP contribution in [0.1, 0.15) is 13.3 Å². The molecule has 0 aromatic carbocycles. The topological polar surface area (TPSA) is 105 Å². The van der Waals surface area contributed by atoms with Gasteiger partial charge in [0, 0.05) is 18.4 Å². The van der Waals surface area contributed by atoms with E-state index in [1.54, 1.807) is 6.20 Å². The molecule has 0 aliphatic carbocycles. The van der Waals surface area contributed by atoms with Crippen LogP contribution >= 0.6 is 0 Å². The molecular formula is C7H16N4O2. The fraction of sp³-hybridized carbons (Fsp3) is 0.571. The van der Waals surface area contributed by atoms with Crippen LogP contribution in [0.5, 0.6) is 0 Å². The quantitative estimate of drug-likeness (QED) is 0.348. The van der Waals surface area contributed by atoms with Gasteiger partial charge in [-0.1, -0.05) is 6.92 Å². The molecule has 0 atom stereocenters. The molecule has 0 aromatic rings. The molecule has 0 saturated carbocycles. The molecule has 0 saturated heterocycles. The normalized spacial score (nSPS) is 11.1. The van der Waals surface area contributed by atoms with Crippen molar-refractivity contribution in [3.63, 3.8) is 0 Å². The summed E-state index contributed by atoms with van der Waals surface area (Å²) in [6.07, 6.45) is 1.25. The maximum absolute atomic E-state index is 10.0. The van der Waals surface area contributed by atoms with E-state index in [0.29, 0.717) is 12.2 Å². The molecule has 0 unspecified atom stereocenters. The molecule has 6 nitrogen and oxygen atoms in total. The van der Waals surface area contributed by atoms with E-state index in [1.165, 1.54) is 5.01 Å². The smallest absolute Gasteiger partial charge is 0.404 e. The van der Waals surface area contributed by atoms with Gasteiger partial charge in [-0.15, -0.1) is 0 Å². The van der Waals surface area contributed by atoms with Gasteiger partial charge in [0.05, 0.1) is 6.54 Å². The number of carbonyl (C=O) groups is 1. The summed E-state index contributed by atoms with van der Waals surface area (Å²) in [5.41, 5.74) is 6.17. The Kier molecular flexibility index (Phi) is 5.45. The summed E-state index contributed by atoms with van der Waals surface area (Å²) in [6.45, 7) is 2.58. The van der Waals surface area contributed by atoms with Crippen LogP contribution in [0.4, 0.5) is 4.79 Å². The van der Waals surface area contributed by atoms with Crippen molar-refractivity contribution < 1.29 is 9.90 Å². The van der Waals surface area contributed by atoms with Gasteiger partial charge in [-0.2, -0.15) is 0 Å². The van der Waals surface area contributed by atoms with Crippen LogP contribution in [0.3, 0.4) is 0 Å². The minimum absolute atomic E-state index is 0.277. The second kappa shape index (κ2) is 6.13. The maximum atomic E-state index is 10.0. The van der Waals surface area contributed by atoms with E-state index in [-0.39, 0.29) is 6.54 Å². The highest BCUT2D eigenvalue weighted by Crippen LogP contribution is 1.90. The van der Waals surface area contributed by atoms with E-state index < -0.39 is 6.09 Å². The Bertz CT molecular complexity index is 193. The second-order valence-corrected chi connectivity index (χ2v) is 2.53. The SMILES string of the molecule is CC/C(N)=C/N(N)CCNC(=O)O. The third kappa shape index (κ3) is 6.95. The van der Waals surface area contributed by atoms with Crippen LogP contribution in [-0.4, -0.2) is 29.3 Å². The average Bonchev–Trinajstić information content (AvgIpc) is 2.03. The Morgan fingerprint density at radius 3 is 2.77 bits per heavy atom. The summed E-state index contributed by atoms with van der Waals surface area (Å²) in [4.78, 5) is 10.0. The van der Waals surface area contributed by atoms with Crippen molar-refractivity contribution in [3.8, 4) is 0 Å². The largest absolute Gasteiger partial charge is 0.465 e. The van der Waals surface area contributed by atoms with Crippen molar-refractivity contribution in [2.75, 3.05) is 13.1 Å². The number of hydrazine groups is 1. The molecule has 0 rings (SSSR count). The van der Waals surface area contributed by atoms with E-state index in [2.05, 4.69) is 5.32 Å². The Labute approximate surface area is 77.2 Å².